The number of likely N-dealkylation sites (tertiary alicyclic amines) is 1. The summed E-state index contributed by atoms with van der Waals surface area (Å²) in [6.07, 6.45) is 1.65. The van der Waals surface area contributed by atoms with Crippen LogP contribution in [-0.2, 0) is 6.42 Å². The lowest BCUT2D eigenvalue weighted by Gasteiger charge is -2.19. The number of halogens is 1. The topological polar surface area (TPSA) is 29.3 Å². The van der Waals surface area contributed by atoms with E-state index >= 15 is 0 Å². The lowest BCUT2D eigenvalue weighted by molar-refractivity contribution is 0.313. The normalized spacial score (nSPS) is 25.4. The molecule has 3 heteroatoms. The zero-order valence-electron chi connectivity index (χ0n) is 10.4. The molecule has 2 nitrogen and oxygen atoms in total. The van der Waals surface area contributed by atoms with Crippen LogP contribution in [0.25, 0.3) is 0 Å². The molecule has 1 fully saturated rings. The van der Waals surface area contributed by atoms with Crippen molar-refractivity contribution < 1.29 is 4.39 Å². The second-order valence-electron chi connectivity index (χ2n) is 4.97. The van der Waals surface area contributed by atoms with Crippen LogP contribution in [0.3, 0.4) is 0 Å². The number of aryl methyl sites for hydroxylation is 1. The van der Waals surface area contributed by atoms with E-state index in [1.54, 1.807) is 0 Å². The van der Waals surface area contributed by atoms with Crippen molar-refractivity contribution in [3.63, 3.8) is 0 Å². The number of nitrogens with zero attached hydrogens (tertiary/aromatic N) is 1. The first-order valence-corrected chi connectivity index (χ1v) is 6.29. The summed E-state index contributed by atoms with van der Waals surface area (Å²) >= 11 is 0. The fourth-order valence-corrected chi connectivity index (χ4v) is 2.68. The van der Waals surface area contributed by atoms with Gasteiger partial charge in [-0.05, 0) is 37.1 Å². The van der Waals surface area contributed by atoms with Crippen LogP contribution < -0.4 is 5.73 Å². The first kappa shape index (κ1) is 12.5. The van der Waals surface area contributed by atoms with Gasteiger partial charge in [-0.15, -0.1) is 0 Å². The van der Waals surface area contributed by atoms with E-state index < -0.39 is 0 Å². The zero-order valence-corrected chi connectivity index (χ0v) is 10.4. The molecular formula is C14H21FN2. The summed E-state index contributed by atoms with van der Waals surface area (Å²) < 4.78 is 12.2. The first-order valence-electron chi connectivity index (χ1n) is 6.29. The van der Waals surface area contributed by atoms with Crippen molar-refractivity contribution in [1.29, 1.82) is 0 Å². The Morgan fingerprint density at radius 2 is 2.06 bits per heavy atom. The highest BCUT2D eigenvalue weighted by Crippen LogP contribution is 2.33. The molecule has 94 valence electrons. The van der Waals surface area contributed by atoms with Gasteiger partial charge in [0.1, 0.15) is 0 Å². The van der Waals surface area contributed by atoms with Gasteiger partial charge in [0.25, 0.3) is 0 Å². The summed E-state index contributed by atoms with van der Waals surface area (Å²) in [5, 5.41) is 0. The van der Waals surface area contributed by atoms with E-state index in [1.807, 2.05) is 12.1 Å². The van der Waals surface area contributed by atoms with Crippen molar-refractivity contribution in [3.05, 3.63) is 35.4 Å². The molecule has 17 heavy (non-hydrogen) atoms. The van der Waals surface area contributed by atoms with Crippen LogP contribution in [0.1, 0.15) is 23.6 Å². The number of rotatable bonds is 4. The van der Waals surface area contributed by atoms with Crippen LogP contribution in [0.5, 0.6) is 0 Å². The highest BCUT2D eigenvalue weighted by molar-refractivity contribution is 5.26. The van der Waals surface area contributed by atoms with Crippen LogP contribution in [0.15, 0.2) is 24.3 Å². The van der Waals surface area contributed by atoms with E-state index in [0.29, 0.717) is 18.4 Å². The van der Waals surface area contributed by atoms with Crippen molar-refractivity contribution in [3.8, 4) is 0 Å². The predicted octanol–water partition coefficient (Wildman–Crippen LogP) is 2.15. The van der Waals surface area contributed by atoms with Gasteiger partial charge in [0.2, 0.25) is 0 Å². The molecule has 0 amide bonds. The summed E-state index contributed by atoms with van der Waals surface area (Å²) in [6.45, 7) is 1.56. The van der Waals surface area contributed by atoms with Gasteiger partial charge in [0, 0.05) is 19.0 Å². The molecule has 2 unspecified atom stereocenters. The molecule has 2 rings (SSSR count). The number of alkyl halides is 1. The number of benzene rings is 1. The van der Waals surface area contributed by atoms with Gasteiger partial charge in [-0.1, -0.05) is 24.3 Å². The standard InChI is InChI=1S/C14H21FN2/c1-17-10-12(9-16)8-14(17)13-4-2-11(3-5-13)6-7-15/h2-5,12,14H,6-10,16H2,1H3. The van der Waals surface area contributed by atoms with Gasteiger partial charge < -0.3 is 5.73 Å². The van der Waals surface area contributed by atoms with Crippen molar-refractivity contribution in [2.75, 3.05) is 26.8 Å². The lowest BCUT2D eigenvalue weighted by Crippen LogP contribution is -2.20. The Bertz CT molecular complexity index is 350. The van der Waals surface area contributed by atoms with Gasteiger partial charge in [0.15, 0.2) is 0 Å². The molecule has 0 aliphatic carbocycles. The molecule has 0 saturated carbocycles. The van der Waals surface area contributed by atoms with E-state index in [9.17, 15) is 4.39 Å². The SMILES string of the molecule is CN1CC(CN)CC1c1ccc(CCF)cc1. The Hall–Kier alpha value is -0.930. The second kappa shape index (κ2) is 5.61. The van der Waals surface area contributed by atoms with Crippen LogP contribution in [0.2, 0.25) is 0 Å². The van der Waals surface area contributed by atoms with Crippen molar-refractivity contribution >= 4 is 0 Å². The Labute approximate surface area is 103 Å². The fourth-order valence-electron chi connectivity index (χ4n) is 2.68. The quantitative estimate of drug-likeness (QED) is 0.868. The Morgan fingerprint density at radius 3 is 2.59 bits per heavy atom. The third-order valence-electron chi connectivity index (χ3n) is 3.72. The minimum absolute atomic E-state index is 0.280. The summed E-state index contributed by atoms with van der Waals surface area (Å²) in [6, 6.07) is 8.82. The molecule has 0 radical (unpaired) electrons. The summed E-state index contributed by atoms with van der Waals surface area (Å²) in [7, 11) is 2.15. The summed E-state index contributed by atoms with van der Waals surface area (Å²) in [5.41, 5.74) is 8.13. The van der Waals surface area contributed by atoms with E-state index in [-0.39, 0.29) is 6.67 Å². The minimum atomic E-state index is -0.280. The van der Waals surface area contributed by atoms with Crippen LogP contribution in [-0.4, -0.2) is 31.7 Å². The monoisotopic (exact) mass is 236 g/mol. The molecule has 1 aromatic carbocycles. The molecule has 0 aromatic heterocycles. The predicted molar refractivity (Wildman–Crippen MR) is 68.7 cm³/mol. The Morgan fingerprint density at radius 1 is 1.35 bits per heavy atom. The maximum Gasteiger partial charge on any atom is 0.0934 e. The molecular weight excluding hydrogens is 215 g/mol. The molecule has 2 N–H and O–H groups in total. The minimum Gasteiger partial charge on any atom is -0.330 e. The average Bonchev–Trinajstić information content (AvgIpc) is 2.72. The summed E-state index contributed by atoms with van der Waals surface area (Å²) in [5.74, 6) is 0.607. The smallest absolute Gasteiger partial charge is 0.0934 e. The maximum atomic E-state index is 12.2. The van der Waals surface area contributed by atoms with Crippen LogP contribution in [0.4, 0.5) is 4.39 Å². The van der Waals surface area contributed by atoms with E-state index in [1.165, 1.54) is 5.56 Å². The third kappa shape index (κ3) is 2.85. The second-order valence-corrected chi connectivity index (χ2v) is 4.97. The van der Waals surface area contributed by atoms with Crippen molar-refractivity contribution in [2.45, 2.75) is 18.9 Å². The fraction of sp³-hybridized carbons (Fsp3) is 0.571. The molecule has 0 spiro atoms. The van der Waals surface area contributed by atoms with Crippen molar-refractivity contribution in [1.82, 2.24) is 4.90 Å². The van der Waals surface area contributed by atoms with Gasteiger partial charge in [-0.3, -0.25) is 9.29 Å². The maximum absolute atomic E-state index is 12.2. The molecule has 1 heterocycles. The number of hydrogen-bond acceptors (Lipinski definition) is 2. The highest BCUT2D eigenvalue weighted by Gasteiger charge is 2.29. The zero-order chi connectivity index (χ0) is 12.3. The van der Waals surface area contributed by atoms with Gasteiger partial charge >= 0.3 is 0 Å². The Balaban J connectivity index is 2.07. The molecule has 2 atom stereocenters. The average molecular weight is 236 g/mol. The molecule has 1 saturated heterocycles. The molecule has 1 aliphatic heterocycles. The van der Waals surface area contributed by atoms with Crippen LogP contribution >= 0.6 is 0 Å². The van der Waals surface area contributed by atoms with Crippen LogP contribution in [0, 0.1) is 5.92 Å². The Kier molecular flexibility index (Phi) is 4.13. The molecule has 1 aliphatic rings. The molecule has 1 aromatic rings. The molecule has 0 bridgehead atoms. The largest absolute Gasteiger partial charge is 0.330 e. The number of nitrogens with two attached hydrogens (primary N) is 1. The van der Waals surface area contributed by atoms with Gasteiger partial charge in [0.05, 0.1) is 6.67 Å². The van der Waals surface area contributed by atoms with Gasteiger partial charge in [-0.25, -0.2) is 0 Å². The lowest BCUT2D eigenvalue weighted by atomic mass is 9.98. The van der Waals surface area contributed by atoms with E-state index in [4.69, 9.17) is 5.73 Å². The summed E-state index contributed by atoms with van der Waals surface area (Å²) in [4.78, 5) is 2.36. The van der Waals surface area contributed by atoms with E-state index in [2.05, 4.69) is 24.1 Å². The van der Waals surface area contributed by atoms with Crippen molar-refractivity contribution in [2.24, 2.45) is 11.7 Å². The first-order chi connectivity index (χ1) is 8.24. The third-order valence-corrected chi connectivity index (χ3v) is 3.72. The number of hydrogen-bond donors (Lipinski definition) is 1. The van der Waals surface area contributed by atoms with E-state index in [0.717, 1.165) is 25.1 Å². The van der Waals surface area contributed by atoms with Gasteiger partial charge in [-0.2, -0.15) is 0 Å². The highest BCUT2D eigenvalue weighted by atomic mass is 19.1.